The monoisotopic (exact) mass is 329 g/mol. The second-order valence-corrected chi connectivity index (χ2v) is 6.91. The zero-order valence-corrected chi connectivity index (χ0v) is 13.8. The van der Waals surface area contributed by atoms with Crippen LogP contribution in [0.3, 0.4) is 0 Å². The minimum atomic E-state index is -0.393. The highest BCUT2D eigenvalue weighted by atomic mass is 32.1. The first-order chi connectivity index (χ1) is 11.1. The van der Waals surface area contributed by atoms with Gasteiger partial charge in [-0.3, -0.25) is 9.59 Å². The summed E-state index contributed by atoms with van der Waals surface area (Å²) in [5.74, 6) is -0.137. The zero-order valence-electron chi connectivity index (χ0n) is 13.0. The van der Waals surface area contributed by atoms with Crippen molar-refractivity contribution >= 4 is 28.3 Å². The normalized spacial score (nSPS) is 17.3. The number of anilines is 1. The first-order valence-corrected chi connectivity index (χ1v) is 8.52. The number of rotatable bonds is 4. The van der Waals surface area contributed by atoms with Gasteiger partial charge in [0.15, 0.2) is 5.13 Å². The van der Waals surface area contributed by atoms with Crippen molar-refractivity contribution in [3.8, 4) is 0 Å². The highest BCUT2D eigenvalue weighted by Crippen LogP contribution is 2.22. The molecule has 0 radical (unpaired) electrons. The number of carbonyl (C=O) groups excluding carboxylic acids is 2. The van der Waals surface area contributed by atoms with E-state index in [9.17, 15) is 9.59 Å². The summed E-state index contributed by atoms with van der Waals surface area (Å²) in [5.41, 5.74) is 0.971. The van der Waals surface area contributed by atoms with Gasteiger partial charge in [-0.25, -0.2) is 4.98 Å². The molecule has 23 heavy (non-hydrogen) atoms. The Bertz CT molecular complexity index is 699. The number of thiazole rings is 1. The lowest BCUT2D eigenvalue weighted by molar-refractivity contribution is -0.136. The number of amides is 2. The maximum Gasteiger partial charge on any atom is 0.248 e. The summed E-state index contributed by atoms with van der Waals surface area (Å²) in [5, 5.41) is 3.42. The van der Waals surface area contributed by atoms with Gasteiger partial charge >= 0.3 is 0 Å². The van der Waals surface area contributed by atoms with E-state index in [1.165, 1.54) is 11.3 Å². The summed E-state index contributed by atoms with van der Waals surface area (Å²) in [6.07, 6.45) is 3.63. The molecule has 1 atom stereocenters. The fraction of sp³-hybridized carbons (Fsp3) is 0.353. The molecule has 1 aromatic carbocycles. The summed E-state index contributed by atoms with van der Waals surface area (Å²) in [7, 11) is 0. The average Bonchev–Trinajstić information content (AvgIpc) is 3.17. The van der Waals surface area contributed by atoms with E-state index in [4.69, 9.17) is 0 Å². The molecule has 120 valence electrons. The summed E-state index contributed by atoms with van der Waals surface area (Å²) >= 11 is 1.44. The molecule has 2 heterocycles. The number of likely N-dealkylation sites (tertiary alicyclic amines) is 1. The van der Waals surface area contributed by atoms with E-state index in [1.807, 2.05) is 37.3 Å². The van der Waals surface area contributed by atoms with Crippen molar-refractivity contribution in [2.75, 3.05) is 11.9 Å². The summed E-state index contributed by atoms with van der Waals surface area (Å²) in [6.45, 7) is 2.58. The van der Waals surface area contributed by atoms with Crippen LogP contribution in [0.15, 0.2) is 36.5 Å². The molecular weight excluding hydrogens is 310 g/mol. The van der Waals surface area contributed by atoms with E-state index in [0.717, 1.165) is 16.9 Å². The van der Waals surface area contributed by atoms with Crippen molar-refractivity contribution in [3.63, 3.8) is 0 Å². The molecule has 1 aliphatic rings. The van der Waals surface area contributed by atoms with Crippen LogP contribution in [0.4, 0.5) is 5.13 Å². The predicted molar refractivity (Wildman–Crippen MR) is 90.4 cm³/mol. The summed E-state index contributed by atoms with van der Waals surface area (Å²) in [6, 6.07) is 9.23. The first-order valence-electron chi connectivity index (χ1n) is 7.70. The van der Waals surface area contributed by atoms with E-state index < -0.39 is 6.04 Å². The Kier molecular flexibility index (Phi) is 4.71. The van der Waals surface area contributed by atoms with Crippen molar-refractivity contribution in [1.82, 2.24) is 9.88 Å². The van der Waals surface area contributed by atoms with Crippen LogP contribution in [0.25, 0.3) is 0 Å². The van der Waals surface area contributed by atoms with Gasteiger partial charge in [-0.1, -0.05) is 30.3 Å². The van der Waals surface area contributed by atoms with Crippen LogP contribution >= 0.6 is 11.3 Å². The van der Waals surface area contributed by atoms with E-state index in [2.05, 4.69) is 10.3 Å². The topological polar surface area (TPSA) is 62.3 Å². The Morgan fingerprint density at radius 2 is 2.13 bits per heavy atom. The molecule has 1 saturated heterocycles. The van der Waals surface area contributed by atoms with Crippen molar-refractivity contribution in [3.05, 3.63) is 47.0 Å². The van der Waals surface area contributed by atoms with E-state index in [1.54, 1.807) is 11.1 Å². The molecule has 0 spiro atoms. The fourth-order valence-corrected chi connectivity index (χ4v) is 3.48. The van der Waals surface area contributed by atoms with Crippen molar-refractivity contribution < 1.29 is 9.59 Å². The Morgan fingerprint density at radius 1 is 1.35 bits per heavy atom. The molecule has 1 aromatic heterocycles. The fourth-order valence-electron chi connectivity index (χ4n) is 2.81. The van der Waals surface area contributed by atoms with Crippen molar-refractivity contribution in [2.45, 2.75) is 32.2 Å². The number of carbonyl (C=O) groups is 2. The number of hydrogen-bond acceptors (Lipinski definition) is 4. The molecule has 5 nitrogen and oxygen atoms in total. The van der Waals surface area contributed by atoms with Crippen LogP contribution in [0, 0.1) is 6.92 Å². The van der Waals surface area contributed by atoms with E-state index >= 15 is 0 Å². The van der Waals surface area contributed by atoms with Crippen LogP contribution in [0.5, 0.6) is 0 Å². The van der Waals surface area contributed by atoms with Gasteiger partial charge < -0.3 is 10.2 Å². The first kappa shape index (κ1) is 15.7. The molecule has 3 rings (SSSR count). The smallest absolute Gasteiger partial charge is 0.248 e. The highest BCUT2D eigenvalue weighted by Gasteiger charge is 2.34. The van der Waals surface area contributed by atoms with Gasteiger partial charge in [0, 0.05) is 17.6 Å². The lowest BCUT2D eigenvalue weighted by atomic mass is 10.1. The second kappa shape index (κ2) is 6.91. The van der Waals surface area contributed by atoms with Crippen molar-refractivity contribution in [1.29, 1.82) is 0 Å². The molecule has 0 unspecified atom stereocenters. The Labute approximate surface area is 139 Å². The van der Waals surface area contributed by atoms with Gasteiger partial charge in [-0.05, 0) is 25.3 Å². The number of aromatic nitrogens is 1. The second-order valence-electron chi connectivity index (χ2n) is 5.67. The van der Waals surface area contributed by atoms with Crippen LogP contribution in [0.1, 0.15) is 23.3 Å². The number of hydrogen-bond donors (Lipinski definition) is 1. The van der Waals surface area contributed by atoms with Gasteiger partial charge in [-0.2, -0.15) is 0 Å². The van der Waals surface area contributed by atoms with Gasteiger partial charge in [0.2, 0.25) is 11.8 Å². The third kappa shape index (κ3) is 3.76. The highest BCUT2D eigenvalue weighted by molar-refractivity contribution is 7.15. The van der Waals surface area contributed by atoms with Crippen LogP contribution in [-0.4, -0.2) is 34.3 Å². The molecule has 0 bridgehead atoms. The van der Waals surface area contributed by atoms with E-state index in [0.29, 0.717) is 24.5 Å². The Hall–Kier alpha value is -2.21. The van der Waals surface area contributed by atoms with Gasteiger partial charge in [0.1, 0.15) is 6.04 Å². The molecule has 1 fully saturated rings. The van der Waals surface area contributed by atoms with Crippen LogP contribution in [0.2, 0.25) is 0 Å². The van der Waals surface area contributed by atoms with Crippen LogP contribution in [-0.2, 0) is 16.0 Å². The minimum Gasteiger partial charge on any atom is -0.330 e. The SMILES string of the molecule is Cc1cnc(NC(=O)[C@@H]2CCCN2C(=O)Cc2ccccc2)s1. The molecule has 2 amide bonds. The number of nitrogens with zero attached hydrogens (tertiary/aromatic N) is 2. The van der Waals surface area contributed by atoms with Gasteiger partial charge in [0.05, 0.1) is 6.42 Å². The van der Waals surface area contributed by atoms with Gasteiger partial charge in [0.25, 0.3) is 0 Å². The Morgan fingerprint density at radius 3 is 2.83 bits per heavy atom. The molecular formula is C17H19N3O2S. The lowest BCUT2D eigenvalue weighted by Gasteiger charge is -2.23. The standard InChI is InChI=1S/C17H19N3O2S/c1-12-11-18-17(23-12)19-16(22)14-8-5-9-20(14)15(21)10-13-6-3-2-4-7-13/h2-4,6-7,11,14H,5,8-10H2,1H3,(H,18,19,22)/t14-/m0/s1. The van der Waals surface area contributed by atoms with Crippen molar-refractivity contribution in [2.24, 2.45) is 0 Å². The Balaban J connectivity index is 1.64. The third-order valence-electron chi connectivity index (χ3n) is 3.93. The number of aryl methyl sites for hydroxylation is 1. The summed E-state index contributed by atoms with van der Waals surface area (Å²) < 4.78 is 0. The maximum absolute atomic E-state index is 12.5. The molecule has 6 heteroatoms. The van der Waals surface area contributed by atoms with E-state index in [-0.39, 0.29) is 11.8 Å². The molecule has 1 N–H and O–H groups in total. The quantitative estimate of drug-likeness (QED) is 0.938. The number of nitrogens with one attached hydrogen (secondary N) is 1. The largest absolute Gasteiger partial charge is 0.330 e. The average molecular weight is 329 g/mol. The lowest BCUT2D eigenvalue weighted by Crippen LogP contribution is -2.43. The zero-order chi connectivity index (χ0) is 16.2. The predicted octanol–water partition coefficient (Wildman–Crippen LogP) is 2.62. The van der Waals surface area contributed by atoms with Gasteiger partial charge in [-0.15, -0.1) is 11.3 Å². The maximum atomic E-state index is 12.5. The minimum absolute atomic E-state index is 0.00386. The molecule has 0 aliphatic carbocycles. The number of benzene rings is 1. The molecule has 1 aliphatic heterocycles. The van der Waals surface area contributed by atoms with Crippen LogP contribution < -0.4 is 5.32 Å². The molecule has 2 aromatic rings. The molecule has 0 saturated carbocycles. The summed E-state index contributed by atoms with van der Waals surface area (Å²) in [4.78, 5) is 31.9. The third-order valence-corrected chi connectivity index (χ3v) is 4.75.